The number of anilines is 1. The molecule has 1 rings (SSSR count). The maximum Gasteiger partial charge on any atom is 0.221 e. The third-order valence-corrected chi connectivity index (χ3v) is 1.94. The fourth-order valence-corrected chi connectivity index (χ4v) is 1.29. The van der Waals surface area contributed by atoms with Crippen LogP contribution in [0.25, 0.3) is 0 Å². The van der Waals surface area contributed by atoms with Crippen molar-refractivity contribution in [1.29, 1.82) is 0 Å². The second-order valence-corrected chi connectivity index (χ2v) is 3.59. The van der Waals surface area contributed by atoms with Crippen LogP contribution in [-0.2, 0) is 4.79 Å². The molecule has 1 aromatic rings. The Morgan fingerprint density at radius 3 is 2.83 bits per heavy atom. The van der Waals surface area contributed by atoms with Crippen LogP contribution in [0.2, 0.25) is 0 Å². The summed E-state index contributed by atoms with van der Waals surface area (Å²) >= 11 is 2.11. The van der Waals surface area contributed by atoms with Crippen LogP contribution < -0.4 is 5.32 Å². The Hall–Kier alpha value is -0.780. The van der Waals surface area contributed by atoms with Crippen LogP contribution in [0, 0.1) is 3.57 Å². The summed E-state index contributed by atoms with van der Waals surface area (Å²) in [5.74, 6) is -0.0992. The molecular weight excluding hydrogens is 269 g/mol. The minimum Gasteiger partial charge on any atom is -0.506 e. The van der Waals surface area contributed by atoms with Crippen molar-refractivity contribution in [3.63, 3.8) is 0 Å². The normalized spacial score (nSPS) is 9.50. The van der Waals surface area contributed by atoms with E-state index in [4.69, 9.17) is 0 Å². The van der Waals surface area contributed by atoms with Crippen molar-refractivity contribution in [2.24, 2.45) is 0 Å². The number of halogens is 1. The first-order chi connectivity index (χ1) is 5.59. The zero-order valence-corrected chi connectivity index (χ0v) is 8.62. The standard InChI is InChI=1S/C8H8INO2/c1-5(11)10-7-4-6(9)2-3-8(7)12/h2-4,12H,1H3,(H,10,11). The van der Waals surface area contributed by atoms with Gasteiger partial charge >= 0.3 is 0 Å². The maximum atomic E-state index is 10.7. The summed E-state index contributed by atoms with van der Waals surface area (Å²) in [6.07, 6.45) is 0. The second-order valence-electron chi connectivity index (χ2n) is 2.34. The van der Waals surface area contributed by atoms with E-state index in [1.807, 2.05) is 0 Å². The highest BCUT2D eigenvalue weighted by molar-refractivity contribution is 14.1. The van der Waals surface area contributed by atoms with Gasteiger partial charge in [0.1, 0.15) is 5.75 Å². The molecule has 0 aliphatic heterocycles. The molecule has 2 N–H and O–H groups in total. The van der Waals surface area contributed by atoms with Crippen molar-refractivity contribution in [3.05, 3.63) is 21.8 Å². The molecule has 0 fully saturated rings. The Labute approximate surface area is 83.9 Å². The molecule has 0 spiro atoms. The summed E-state index contributed by atoms with van der Waals surface area (Å²) in [5.41, 5.74) is 0.453. The number of aromatic hydroxyl groups is 1. The Balaban J connectivity index is 2.97. The molecule has 0 bridgehead atoms. The zero-order valence-electron chi connectivity index (χ0n) is 6.47. The van der Waals surface area contributed by atoms with Gasteiger partial charge in [0.15, 0.2) is 0 Å². The molecule has 0 unspecified atom stereocenters. The van der Waals surface area contributed by atoms with Crippen molar-refractivity contribution >= 4 is 34.2 Å². The molecule has 0 heterocycles. The van der Waals surface area contributed by atoms with Crippen molar-refractivity contribution in [2.75, 3.05) is 5.32 Å². The Kier molecular flexibility index (Phi) is 2.91. The number of nitrogens with one attached hydrogen (secondary N) is 1. The molecule has 4 heteroatoms. The van der Waals surface area contributed by atoms with Gasteiger partial charge < -0.3 is 10.4 Å². The number of benzene rings is 1. The first-order valence-electron chi connectivity index (χ1n) is 3.35. The topological polar surface area (TPSA) is 49.3 Å². The fraction of sp³-hybridized carbons (Fsp3) is 0.125. The molecule has 0 saturated heterocycles. The van der Waals surface area contributed by atoms with Gasteiger partial charge in [-0.15, -0.1) is 0 Å². The summed E-state index contributed by atoms with van der Waals surface area (Å²) in [7, 11) is 0. The van der Waals surface area contributed by atoms with Crippen LogP contribution in [0.5, 0.6) is 5.75 Å². The lowest BCUT2D eigenvalue weighted by atomic mass is 10.3. The lowest BCUT2D eigenvalue weighted by Gasteiger charge is -2.04. The molecule has 1 aromatic carbocycles. The third-order valence-electron chi connectivity index (χ3n) is 1.27. The minimum atomic E-state index is -0.188. The molecule has 0 aromatic heterocycles. The summed E-state index contributed by atoms with van der Waals surface area (Å²) in [4.78, 5) is 10.7. The lowest BCUT2D eigenvalue weighted by Crippen LogP contribution is -2.05. The lowest BCUT2D eigenvalue weighted by molar-refractivity contribution is -0.114. The Bertz CT molecular complexity index is 312. The number of hydrogen-bond donors (Lipinski definition) is 2. The number of phenols is 1. The number of phenolic OH excluding ortho intramolecular Hbond substituents is 1. The highest BCUT2D eigenvalue weighted by Gasteiger charge is 2.01. The molecule has 1 amide bonds. The van der Waals surface area contributed by atoms with E-state index in [1.165, 1.54) is 6.92 Å². The van der Waals surface area contributed by atoms with Gasteiger partial charge in [-0.1, -0.05) is 0 Å². The van der Waals surface area contributed by atoms with Crippen LogP contribution in [0.4, 0.5) is 5.69 Å². The van der Waals surface area contributed by atoms with E-state index in [-0.39, 0.29) is 11.7 Å². The molecule has 0 saturated carbocycles. The Morgan fingerprint density at radius 1 is 1.58 bits per heavy atom. The molecule has 0 aliphatic rings. The predicted octanol–water partition coefficient (Wildman–Crippen LogP) is 1.96. The Morgan fingerprint density at radius 2 is 2.25 bits per heavy atom. The smallest absolute Gasteiger partial charge is 0.221 e. The molecule has 0 aliphatic carbocycles. The largest absolute Gasteiger partial charge is 0.506 e. The van der Waals surface area contributed by atoms with Crippen molar-refractivity contribution in [2.45, 2.75) is 6.92 Å². The van der Waals surface area contributed by atoms with E-state index < -0.39 is 0 Å². The summed E-state index contributed by atoms with van der Waals surface area (Å²) in [6.45, 7) is 1.40. The van der Waals surface area contributed by atoms with E-state index in [1.54, 1.807) is 18.2 Å². The van der Waals surface area contributed by atoms with E-state index in [9.17, 15) is 9.90 Å². The average molecular weight is 277 g/mol. The predicted molar refractivity (Wildman–Crippen MR) is 55.1 cm³/mol. The molecule has 0 radical (unpaired) electrons. The van der Waals surface area contributed by atoms with Gasteiger partial charge in [-0.2, -0.15) is 0 Å². The van der Waals surface area contributed by atoms with Gasteiger partial charge in [0, 0.05) is 10.5 Å². The van der Waals surface area contributed by atoms with E-state index in [0.717, 1.165) is 3.57 Å². The van der Waals surface area contributed by atoms with Crippen LogP contribution in [0.3, 0.4) is 0 Å². The highest BCUT2D eigenvalue weighted by atomic mass is 127. The quantitative estimate of drug-likeness (QED) is 0.609. The SMILES string of the molecule is CC(=O)Nc1cc(I)ccc1O. The van der Waals surface area contributed by atoms with Crippen LogP contribution in [-0.4, -0.2) is 11.0 Å². The van der Waals surface area contributed by atoms with Gasteiger partial charge in [0.05, 0.1) is 5.69 Å². The van der Waals surface area contributed by atoms with Crippen molar-refractivity contribution in [1.82, 2.24) is 0 Å². The number of rotatable bonds is 1. The summed E-state index contributed by atoms with van der Waals surface area (Å²) in [5, 5.41) is 11.8. The summed E-state index contributed by atoms with van der Waals surface area (Å²) < 4.78 is 0.967. The highest BCUT2D eigenvalue weighted by Crippen LogP contribution is 2.24. The van der Waals surface area contributed by atoms with Crippen molar-refractivity contribution in [3.8, 4) is 5.75 Å². The van der Waals surface area contributed by atoms with Gasteiger partial charge in [-0.05, 0) is 40.8 Å². The third kappa shape index (κ3) is 2.37. The molecule has 12 heavy (non-hydrogen) atoms. The molecule has 0 atom stereocenters. The van der Waals surface area contributed by atoms with E-state index in [0.29, 0.717) is 5.69 Å². The van der Waals surface area contributed by atoms with Crippen LogP contribution in [0.1, 0.15) is 6.92 Å². The number of amides is 1. The zero-order chi connectivity index (χ0) is 9.14. The second kappa shape index (κ2) is 3.75. The van der Waals surface area contributed by atoms with Crippen LogP contribution in [0.15, 0.2) is 18.2 Å². The van der Waals surface area contributed by atoms with Gasteiger partial charge in [-0.25, -0.2) is 0 Å². The average Bonchev–Trinajstić information content (AvgIpc) is 1.96. The first-order valence-corrected chi connectivity index (χ1v) is 4.43. The van der Waals surface area contributed by atoms with Gasteiger partial charge in [-0.3, -0.25) is 4.79 Å². The van der Waals surface area contributed by atoms with Crippen LogP contribution >= 0.6 is 22.6 Å². The molecule has 64 valence electrons. The fourth-order valence-electron chi connectivity index (χ4n) is 0.798. The molecular formula is C8H8INO2. The summed E-state index contributed by atoms with van der Waals surface area (Å²) in [6, 6.07) is 5.02. The van der Waals surface area contributed by atoms with E-state index in [2.05, 4.69) is 27.9 Å². The van der Waals surface area contributed by atoms with Crippen molar-refractivity contribution < 1.29 is 9.90 Å². The monoisotopic (exact) mass is 277 g/mol. The maximum absolute atomic E-state index is 10.7. The van der Waals surface area contributed by atoms with Gasteiger partial charge in [0.25, 0.3) is 0 Å². The first kappa shape index (κ1) is 9.31. The van der Waals surface area contributed by atoms with E-state index >= 15 is 0 Å². The molecule has 3 nitrogen and oxygen atoms in total. The number of carbonyl (C=O) groups excluding carboxylic acids is 1. The number of carbonyl (C=O) groups is 1. The number of hydrogen-bond acceptors (Lipinski definition) is 2. The van der Waals surface area contributed by atoms with Gasteiger partial charge in [0.2, 0.25) is 5.91 Å². The minimum absolute atomic E-state index is 0.0885.